The summed E-state index contributed by atoms with van der Waals surface area (Å²) in [4.78, 5) is 11.3. The van der Waals surface area contributed by atoms with Crippen LogP contribution >= 0.6 is 0 Å². The van der Waals surface area contributed by atoms with Gasteiger partial charge in [-0.05, 0) is 49.6 Å². The molecule has 0 atom stereocenters. The first-order valence-corrected chi connectivity index (χ1v) is 9.46. The van der Waals surface area contributed by atoms with E-state index in [1.54, 1.807) is 0 Å². The number of hydrogen-bond acceptors (Lipinski definition) is 6. The molecule has 1 saturated heterocycles. The molecule has 0 amide bonds. The van der Waals surface area contributed by atoms with E-state index in [-0.39, 0.29) is 5.54 Å². The summed E-state index contributed by atoms with van der Waals surface area (Å²) in [5.74, 6) is 1.63. The summed E-state index contributed by atoms with van der Waals surface area (Å²) in [6.45, 7) is 5.00. The Morgan fingerprint density at radius 2 is 2.11 bits per heavy atom. The summed E-state index contributed by atoms with van der Waals surface area (Å²) in [6, 6.07) is 12.9. The monoisotopic (exact) mass is 361 g/mol. The van der Waals surface area contributed by atoms with Gasteiger partial charge in [0.25, 0.3) is 6.01 Å². The minimum absolute atomic E-state index is 0.223. The van der Waals surface area contributed by atoms with Crippen molar-refractivity contribution in [3.63, 3.8) is 0 Å². The molecule has 3 aromatic rings. The first kappa shape index (κ1) is 16.3. The van der Waals surface area contributed by atoms with E-state index in [1.165, 1.54) is 18.4 Å². The van der Waals surface area contributed by atoms with E-state index in [0.29, 0.717) is 0 Å². The zero-order chi connectivity index (χ0) is 18.3. The van der Waals surface area contributed by atoms with Gasteiger partial charge in [0.2, 0.25) is 0 Å². The molecular formula is C21H23N5O. The first-order chi connectivity index (χ1) is 13.2. The number of pyridine rings is 1. The van der Waals surface area contributed by atoms with Crippen LogP contribution < -0.4 is 15.5 Å². The second-order valence-electron chi connectivity index (χ2n) is 7.48. The van der Waals surface area contributed by atoms with E-state index in [1.807, 2.05) is 42.7 Å². The predicted octanol–water partition coefficient (Wildman–Crippen LogP) is 3.73. The van der Waals surface area contributed by atoms with Gasteiger partial charge < -0.3 is 20.0 Å². The van der Waals surface area contributed by atoms with Gasteiger partial charge in [-0.2, -0.15) is 0 Å². The lowest BCUT2D eigenvalue weighted by atomic mass is 10.1. The third-order valence-corrected chi connectivity index (χ3v) is 5.43. The molecule has 27 heavy (non-hydrogen) atoms. The number of nitrogens with one attached hydrogen (secondary N) is 2. The molecule has 2 aromatic heterocycles. The Morgan fingerprint density at radius 1 is 1.19 bits per heavy atom. The van der Waals surface area contributed by atoms with Crippen molar-refractivity contribution in [2.45, 2.75) is 25.3 Å². The van der Waals surface area contributed by atoms with Crippen LogP contribution in [0.15, 0.2) is 53.2 Å². The van der Waals surface area contributed by atoms with E-state index in [9.17, 15) is 0 Å². The van der Waals surface area contributed by atoms with Crippen molar-refractivity contribution in [2.75, 3.05) is 29.9 Å². The molecule has 0 radical (unpaired) electrons. The number of oxazole rings is 1. The van der Waals surface area contributed by atoms with Gasteiger partial charge >= 0.3 is 0 Å². The number of aryl methyl sites for hydroxylation is 1. The SMILES string of the molecule is Cc1ccnc(Nc2cccc(-c3cnc(N4CCNCC45CC5)o3)c2)c1. The van der Waals surface area contributed by atoms with Gasteiger partial charge in [0, 0.05) is 37.1 Å². The van der Waals surface area contributed by atoms with Crippen LogP contribution in [-0.2, 0) is 0 Å². The van der Waals surface area contributed by atoms with Crippen molar-refractivity contribution >= 4 is 17.5 Å². The van der Waals surface area contributed by atoms with Crippen molar-refractivity contribution < 1.29 is 4.42 Å². The fraction of sp³-hybridized carbons (Fsp3) is 0.333. The molecule has 1 aliphatic carbocycles. The van der Waals surface area contributed by atoms with Crippen molar-refractivity contribution in [3.8, 4) is 11.3 Å². The zero-order valence-corrected chi connectivity index (χ0v) is 15.4. The van der Waals surface area contributed by atoms with Crippen LogP contribution in [0, 0.1) is 6.92 Å². The second kappa shape index (κ2) is 6.39. The Labute approximate surface area is 158 Å². The minimum Gasteiger partial charge on any atom is -0.423 e. The lowest BCUT2D eigenvalue weighted by Gasteiger charge is -2.35. The Balaban J connectivity index is 1.38. The van der Waals surface area contributed by atoms with Crippen molar-refractivity contribution in [3.05, 3.63) is 54.4 Å². The number of piperazine rings is 1. The largest absolute Gasteiger partial charge is 0.423 e. The normalized spacial score (nSPS) is 17.9. The lowest BCUT2D eigenvalue weighted by molar-refractivity contribution is 0.421. The quantitative estimate of drug-likeness (QED) is 0.738. The van der Waals surface area contributed by atoms with Crippen LogP contribution in [0.5, 0.6) is 0 Å². The van der Waals surface area contributed by atoms with Crippen molar-refractivity contribution in [2.24, 2.45) is 0 Å². The van der Waals surface area contributed by atoms with Crippen LogP contribution in [0.25, 0.3) is 11.3 Å². The maximum absolute atomic E-state index is 6.15. The maximum Gasteiger partial charge on any atom is 0.298 e. The number of anilines is 3. The zero-order valence-electron chi connectivity index (χ0n) is 15.4. The average molecular weight is 361 g/mol. The fourth-order valence-corrected chi connectivity index (χ4v) is 3.76. The Hall–Kier alpha value is -2.86. The standard InChI is InChI=1S/C21H23N5O/c1-15-5-8-23-19(11-15)25-17-4-2-3-16(12-17)18-13-24-20(27-18)26-10-9-22-14-21(26)6-7-21/h2-5,8,11-13,22H,6-7,9-10,14H2,1H3,(H,23,25). The van der Waals surface area contributed by atoms with Gasteiger partial charge in [-0.15, -0.1) is 0 Å². The van der Waals surface area contributed by atoms with Crippen molar-refractivity contribution in [1.82, 2.24) is 15.3 Å². The third-order valence-electron chi connectivity index (χ3n) is 5.43. The summed E-state index contributed by atoms with van der Waals surface area (Å²) in [6.07, 6.45) is 6.06. The summed E-state index contributed by atoms with van der Waals surface area (Å²) < 4.78 is 6.15. The molecule has 2 N–H and O–H groups in total. The molecule has 138 valence electrons. The number of aromatic nitrogens is 2. The molecule has 1 spiro atoms. The van der Waals surface area contributed by atoms with Crippen LogP contribution in [0.1, 0.15) is 18.4 Å². The van der Waals surface area contributed by atoms with E-state index >= 15 is 0 Å². The number of rotatable bonds is 4. The van der Waals surface area contributed by atoms with Crippen LogP contribution in [0.3, 0.4) is 0 Å². The molecular weight excluding hydrogens is 338 g/mol. The summed E-state index contributed by atoms with van der Waals surface area (Å²) >= 11 is 0. The van der Waals surface area contributed by atoms with Gasteiger partial charge in [-0.1, -0.05) is 12.1 Å². The topological polar surface area (TPSA) is 66.2 Å². The van der Waals surface area contributed by atoms with Gasteiger partial charge in [0.15, 0.2) is 5.76 Å². The molecule has 2 fully saturated rings. The van der Waals surface area contributed by atoms with Crippen LogP contribution in [-0.4, -0.2) is 35.1 Å². The van der Waals surface area contributed by atoms with Gasteiger partial charge in [0.05, 0.1) is 11.7 Å². The molecule has 0 bridgehead atoms. The first-order valence-electron chi connectivity index (χ1n) is 9.46. The summed E-state index contributed by atoms with van der Waals surface area (Å²) in [5, 5.41) is 6.84. The lowest BCUT2D eigenvalue weighted by Crippen LogP contribution is -2.53. The highest BCUT2D eigenvalue weighted by Gasteiger charge is 2.50. The Kier molecular flexibility index (Phi) is 3.86. The second-order valence-corrected chi connectivity index (χ2v) is 7.48. The summed E-state index contributed by atoms with van der Waals surface area (Å²) in [7, 11) is 0. The van der Waals surface area contributed by atoms with E-state index in [2.05, 4.69) is 38.5 Å². The molecule has 3 heterocycles. The highest BCUT2D eigenvalue weighted by atomic mass is 16.4. The molecule has 1 saturated carbocycles. The molecule has 6 nitrogen and oxygen atoms in total. The summed E-state index contributed by atoms with van der Waals surface area (Å²) in [5.41, 5.74) is 3.38. The van der Waals surface area contributed by atoms with Gasteiger partial charge in [-0.3, -0.25) is 0 Å². The fourth-order valence-electron chi connectivity index (χ4n) is 3.76. The maximum atomic E-state index is 6.15. The number of nitrogens with zero attached hydrogens (tertiary/aromatic N) is 3. The minimum atomic E-state index is 0.223. The molecule has 5 rings (SSSR count). The average Bonchev–Trinajstić information content (AvgIpc) is 3.26. The highest BCUT2D eigenvalue weighted by molar-refractivity contribution is 5.67. The Bertz CT molecular complexity index is 962. The number of hydrogen-bond donors (Lipinski definition) is 2. The van der Waals surface area contributed by atoms with E-state index in [4.69, 9.17) is 4.42 Å². The van der Waals surface area contributed by atoms with Crippen LogP contribution in [0.2, 0.25) is 0 Å². The molecule has 1 aromatic carbocycles. The third kappa shape index (κ3) is 3.17. The predicted molar refractivity (Wildman–Crippen MR) is 106 cm³/mol. The van der Waals surface area contributed by atoms with E-state index < -0.39 is 0 Å². The smallest absolute Gasteiger partial charge is 0.298 e. The van der Waals surface area contributed by atoms with Crippen molar-refractivity contribution in [1.29, 1.82) is 0 Å². The molecule has 6 heteroatoms. The number of benzene rings is 1. The molecule has 0 unspecified atom stereocenters. The highest BCUT2D eigenvalue weighted by Crippen LogP contribution is 2.44. The Morgan fingerprint density at radius 3 is 2.96 bits per heavy atom. The van der Waals surface area contributed by atoms with Gasteiger partial charge in [-0.25, -0.2) is 9.97 Å². The van der Waals surface area contributed by atoms with E-state index in [0.717, 1.165) is 48.5 Å². The van der Waals surface area contributed by atoms with Crippen LogP contribution in [0.4, 0.5) is 17.5 Å². The molecule has 2 aliphatic rings. The molecule has 1 aliphatic heterocycles. The van der Waals surface area contributed by atoms with Gasteiger partial charge in [0.1, 0.15) is 5.82 Å².